The first-order valence-corrected chi connectivity index (χ1v) is 6.13. The second kappa shape index (κ2) is 7.53. The number of amides is 1. The van der Waals surface area contributed by atoms with E-state index in [0.717, 1.165) is 11.3 Å². The molecular weight excluding hydrogens is 246 g/mol. The quantitative estimate of drug-likeness (QED) is 0.817. The number of hydrogen-bond acceptors (Lipinski definition) is 3. The lowest BCUT2D eigenvalue weighted by Gasteiger charge is -2.24. The van der Waals surface area contributed by atoms with Gasteiger partial charge >= 0.3 is 5.97 Å². The van der Waals surface area contributed by atoms with E-state index in [4.69, 9.17) is 9.84 Å². The van der Waals surface area contributed by atoms with Crippen LogP contribution in [0.3, 0.4) is 0 Å². The number of rotatable bonds is 7. The van der Waals surface area contributed by atoms with Gasteiger partial charge in [-0.1, -0.05) is 18.2 Å². The molecule has 0 saturated heterocycles. The van der Waals surface area contributed by atoms with Crippen LogP contribution in [0.2, 0.25) is 0 Å². The Morgan fingerprint density at radius 1 is 1.26 bits per heavy atom. The highest BCUT2D eigenvalue weighted by molar-refractivity contribution is 5.94. The number of carboxylic acids is 1. The smallest absolute Gasteiger partial charge is 0.305 e. The number of aliphatic carboxylic acids is 1. The third kappa shape index (κ3) is 4.71. The number of methoxy groups -OCH3 is 1. The third-order valence-electron chi connectivity index (χ3n) is 2.78. The zero-order valence-electron chi connectivity index (χ0n) is 11.3. The minimum Gasteiger partial charge on any atom is -0.481 e. The molecule has 0 atom stereocenters. The zero-order valence-corrected chi connectivity index (χ0v) is 11.3. The lowest BCUT2D eigenvalue weighted by Crippen LogP contribution is -2.34. The Morgan fingerprint density at radius 2 is 1.95 bits per heavy atom. The van der Waals surface area contributed by atoms with Crippen molar-refractivity contribution in [1.29, 1.82) is 0 Å². The van der Waals surface area contributed by atoms with Crippen molar-refractivity contribution in [3.63, 3.8) is 0 Å². The van der Waals surface area contributed by atoms with Crippen LogP contribution in [-0.2, 0) is 14.3 Å². The fraction of sp³-hybridized carbons (Fsp3) is 0.429. The number of carbonyl (C=O) groups is 2. The first-order chi connectivity index (χ1) is 9.06. The van der Waals surface area contributed by atoms with Gasteiger partial charge in [0, 0.05) is 19.3 Å². The van der Waals surface area contributed by atoms with Gasteiger partial charge in [-0.15, -0.1) is 0 Å². The molecular formula is C14H19NO4. The van der Waals surface area contributed by atoms with Crippen LogP contribution in [0.4, 0.5) is 5.69 Å². The van der Waals surface area contributed by atoms with Crippen molar-refractivity contribution in [2.45, 2.75) is 19.8 Å². The highest BCUT2D eigenvalue weighted by atomic mass is 16.5. The van der Waals surface area contributed by atoms with Crippen molar-refractivity contribution in [2.24, 2.45) is 0 Å². The van der Waals surface area contributed by atoms with E-state index in [1.165, 1.54) is 12.0 Å². The van der Waals surface area contributed by atoms with E-state index in [9.17, 15) is 9.59 Å². The Balaban J connectivity index is 2.88. The van der Waals surface area contributed by atoms with Crippen LogP contribution in [0, 0.1) is 6.92 Å². The summed E-state index contributed by atoms with van der Waals surface area (Å²) in [6.07, 6.45) is 0.164. The van der Waals surface area contributed by atoms with Gasteiger partial charge in [0.1, 0.15) is 0 Å². The van der Waals surface area contributed by atoms with Crippen molar-refractivity contribution in [3.05, 3.63) is 29.8 Å². The highest BCUT2D eigenvalue weighted by Crippen LogP contribution is 2.20. The Kier molecular flexibility index (Phi) is 6.02. The fourth-order valence-electron chi connectivity index (χ4n) is 1.78. The van der Waals surface area contributed by atoms with Crippen molar-refractivity contribution in [2.75, 3.05) is 25.2 Å². The minimum absolute atomic E-state index is 0.0763. The van der Waals surface area contributed by atoms with Crippen molar-refractivity contribution in [3.8, 4) is 0 Å². The second-order valence-electron chi connectivity index (χ2n) is 4.22. The summed E-state index contributed by atoms with van der Waals surface area (Å²) < 4.78 is 4.89. The summed E-state index contributed by atoms with van der Waals surface area (Å²) in [5.74, 6) is -1.05. The van der Waals surface area contributed by atoms with Crippen LogP contribution >= 0.6 is 0 Å². The molecule has 104 valence electrons. The van der Waals surface area contributed by atoms with Crippen LogP contribution in [0.5, 0.6) is 0 Å². The molecule has 0 aliphatic carbocycles. The van der Waals surface area contributed by atoms with Gasteiger partial charge in [0.05, 0.1) is 19.4 Å². The van der Waals surface area contributed by atoms with E-state index in [1.807, 2.05) is 31.2 Å². The van der Waals surface area contributed by atoms with Crippen molar-refractivity contribution in [1.82, 2.24) is 0 Å². The van der Waals surface area contributed by atoms with Crippen LogP contribution in [-0.4, -0.2) is 37.2 Å². The largest absolute Gasteiger partial charge is 0.481 e. The maximum Gasteiger partial charge on any atom is 0.305 e. The Labute approximate surface area is 112 Å². The molecule has 1 aromatic carbocycles. The number of carboxylic acid groups (broad SMARTS) is 1. The van der Waals surface area contributed by atoms with Crippen LogP contribution in [0.15, 0.2) is 24.3 Å². The molecule has 0 saturated carbocycles. The predicted molar refractivity (Wildman–Crippen MR) is 72.3 cm³/mol. The monoisotopic (exact) mass is 265 g/mol. The summed E-state index contributed by atoms with van der Waals surface area (Å²) in [4.78, 5) is 24.3. The number of hydrogen-bond donors (Lipinski definition) is 1. The van der Waals surface area contributed by atoms with E-state index in [0.29, 0.717) is 6.61 Å². The predicted octanol–water partition coefficient (Wildman–Crippen LogP) is 1.84. The van der Waals surface area contributed by atoms with Gasteiger partial charge in [0.2, 0.25) is 5.91 Å². The van der Waals surface area contributed by atoms with Crippen molar-refractivity contribution >= 4 is 17.6 Å². The number of carbonyl (C=O) groups excluding carboxylic acids is 1. The average Bonchev–Trinajstić information content (AvgIpc) is 2.38. The fourth-order valence-corrected chi connectivity index (χ4v) is 1.78. The molecule has 1 amide bonds. The molecule has 1 rings (SSSR count). The first kappa shape index (κ1) is 15.2. The molecule has 19 heavy (non-hydrogen) atoms. The van der Waals surface area contributed by atoms with E-state index in [2.05, 4.69) is 0 Å². The summed E-state index contributed by atoms with van der Waals surface area (Å²) in [5, 5.41) is 8.77. The Morgan fingerprint density at radius 3 is 2.53 bits per heavy atom. The van der Waals surface area contributed by atoms with Crippen LogP contribution in [0.25, 0.3) is 0 Å². The van der Waals surface area contributed by atoms with Gasteiger partial charge in [-0.2, -0.15) is 0 Å². The number of aryl methyl sites for hydroxylation is 1. The molecule has 0 radical (unpaired) electrons. The van der Waals surface area contributed by atoms with Gasteiger partial charge in [-0.05, 0) is 18.6 Å². The standard InChI is InChI=1S/C14H19NO4/c1-11-5-3-4-6-12(11)15(9-7-14(17)18)13(16)8-10-19-2/h3-6H,7-10H2,1-2H3,(H,17,18). The lowest BCUT2D eigenvalue weighted by atomic mass is 10.1. The SMILES string of the molecule is COCCC(=O)N(CCC(=O)O)c1ccccc1C. The van der Waals surface area contributed by atoms with Crippen LogP contribution in [0.1, 0.15) is 18.4 Å². The van der Waals surface area contributed by atoms with E-state index in [-0.39, 0.29) is 25.3 Å². The third-order valence-corrected chi connectivity index (χ3v) is 2.78. The second-order valence-corrected chi connectivity index (χ2v) is 4.22. The van der Waals surface area contributed by atoms with E-state index < -0.39 is 5.97 Å². The molecule has 1 N–H and O–H groups in total. The molecule has 5 heteroatoms. The summed E-state index contributed by atoms with van der Waals surface area (Å²) in [6, 6.07) is 7.43. The molecule has 0 aliphatic rings. The topological polar surface area (TPSA) is 66.8 Å². The Bertz CT molecular complexity index is 445. The molecule has 5 nitrogen and oxygen atoms in total. The van der Waals surface area contributed by atoms with Gasteiger partial charge in [0.15, 0.2) is 0 Å². The molecule has 0 aliphatic heterocycles. The normalized spacial score (nSPS) is 10.2. The maximum absolute atomic E-state index is 12.1. The van der Waals surface area contributed by atoms with Gasteiger partial charge in [-0.25, -0.2) is 0 Å². The Hall–Kier alpha value is -1.88. The summed E-state index contributed by atoms with van der Waals surface area (Å²) in [5.41, 5.74) is 1.70. The average molecular weight is 265 g/mol. The maximum atomic E-state index is 12.1. The molecule has 0 fully saturated rings. The highest BCUT2D eigenvalue weighted by Gasteiger charge is 2.17. The minimum atomic E-state index is -0.918. The van der Waals surface area contributed by atoms with Gasteiger partial charge in [-0.3, -0.25) is 9.59 Å². The number of anilines is 1. The zero-order chi connectivity index (χ0) is 14.3. The van der Waals surface area contributed by atoms with Gasteiger partial charge < -0.3 is 14.7 Å². The summed E-state index contributed by atoms with van der Waals surface area (Å²) in [6.45, 7) is 2.39. The first-order valence-electron chi connectivity index (χ1n) is 6.13. The van der Waals surface area contributed by atoms with Gasteiger partial charge in [0.25, 0.3) is 0 Å². The molecule has 0 heterocycles. The number of nitrogens with zero attached hydrogens (tertiary/aromatic N) is 1. The summed E-state index contributed by atoms with van der Waals surface area (Å²) in [7, 11) is 1.53. The molecule has 1 aromatic rings. The number of benzene rings is 1. The lowest BCUT2D eigenvalue weighted by molar-refractivity contribution is -0.136. The molecule has 0 spiro atoms. The molecule has 0 aromatic heterocycles. The number of ether oxygens (including phenoxy) is 1. The molecule has 0 unspecified atom stereocenters. The van der Waals surface area contributed by atoms with Crippen molar-refractivity contribution < 1.29 is 19.4 Å². The van der Waals surface area contributed by atoms with Crippen LogP contribution < -0.4 is 4.90 Å². The van der Waals surface area contributed by atoms with E-state index in [1.54, 1.807) is 0 Å². The number of para-hydroxylation sites is 1. The summed E-state index contributed by atoms with van der Waals surface area (Å²) >= 11 is 0. The molecule has 0 bridgehead atoms. The van der Waals surface area contributed by atoms with E-state index >= 15 is 0 Å².